The normalized spacial score (nSPS) is 12.6. The minimum Gasteiger partial charge on any atom is -0.316 e. The van der Waals surface area contributed by atoms with Crippen LogP contribution < -0.4 is 5.73 Å². The first-order chi connectivity index (χ1) is 6.33. The fourth-order valence-electron chi connectivity index (χ4n) is 0.968. The molecule has 0 aliphatic heterocycles. The zero-order chi connectivity index (χ0) is 9.52. The predicted molar refractivity (Wildman–Crippen MR) is 53.7 cm³/mol. The third-order valence-corrected chi connectivity index (χ3v) is 1.67. The summed E-state index contributed by atoms with van der Waals surface area (Å²) in [6, 6.07) is 11.5. The maximum Gasteiger partial charge on any atom is 0.0962 e. The molecule has 0 aliphatic carbocycles. The Balaban J connectivity index is 2.47. The van der Waals surface area contributed by atoms with Crippen LogP contribution in [0.5, 0.6) is 0 Å². The van der Waals surface area contributed by atoms with Crippen molar-refractivity contribution in [3.8, 4) is 6.07 Å². The van der Waals surface area contributed by atoms with Crippen LogP contribution in [0.3, 0.4) is 0 Å². The predicted octanol–water partition coefficient (Wildman–Crippen LogP) is 1.94. The molecule has 1 atom stereocenters. The summed E-state index contributed by atoms with van der Waals surface area (Å²) in [5, 5.41) is 8.42. The van der Waals surface area contributed by atoms with E-state index in [0.717, 1.165) is 5.56 Å². The van der Waals surface area contributed by atoms with Gasteiger partial charge in [-0.3, -0.25) is 0 Å². The SMILES string of the molecule is N#CC(N)C/C=C/c1ccccc1. The van der Waals surface area contributed by atoms with Crippen molar-refractivity contribution in [2.75, 3.05) is 0 Å². The van der Waals surface area contributed by atoms with Gasteiger partial charge in [0.05, 0.1) is 12.1 Å². The van der Waals surface area contributed by atoms with Gasteiger partial charge in [-0.15, -0.1) is 0 Å². The lowest BCUT2D eigenvalue weighted by atomic mass is 10.1. The zero-order valence-corrected chi connectivity index (χ0v) is 7.35. The highest BCUT2D eigenvalue weighted by Crippen LogP contribution is 2.02. The molecule has 0 spiro atoms. The van der Waals surface area contributed by atoms with Gasteiger partial charge in [0, 0.05) is 0 Å². The average Bonchev–Trinajstić information content (AvgIpc) is 2.19. The Morgan fingerprint density at radius 2 is 2.08 bits per heavy atom. The van der Waals surface area contributed by atoms with Crippen LogP contribution in [0.2, 0.25) is 0 Å². The Hall–Kier alpha value is -1.59. The van der Waals surface area contributed by atoms with E-state index in [1.165, 1.54) is 0 Å². The molecule has 0 saturated carbocycles. The summed E-state index contributed by atoms with van der Waals surface area (Å²) in [5.74, 6) is 0. The average molecular weight is 172 g/mol. The van der Waals surface area contributed by atoms with E-state index in [1.807, 2.05) is 48.6 Å². The van der Waals surface area contributed by atoms with Gasteiger partial charge in [-0.1, -0.05) is 42.5 Å². The van der Waals surface area contributed by atoms with Gasteiger partial charge in [0.2, 0.25) is 0 Å². The monoisotopic (exact) mass is 172 g/mol. The Morgan fingerprint density at radius 3 is 2.69 bits per heavy atom. The van der Waals surface area contributed by atoms with Crippen molar-refractivity contribution in [2.24, 2.45) is 5.73 Å². The van der Waals surface area contributed by atoms with Crippen molar-refractivity contribution in [1.29, 1.82) is 5.26 Å². The summed E-state index contributed by atoms with van der Waals surface area (Å²) in [7, 11) is 0. The molecule has 2 N–H and O–H groups in total. The van der Waals surface area contributed by atoms with Gasteiger partial charge in [0.1, 0.15) is 0 Å². The number of benzene rings is 1. The van der Waals surface area contributed by atoms with Crippen LogP contribution in [0, 0.1) is 11.3 Å². The molecule has 0 fully saturated rings. The van der Waals surface area contributed by atoms with Crippen LogP contribution in [0.1, 0.15) is 12.0 Å². The van der Waals surface area contributed by atoms with Crippen molar-refractivity contribution < 1.29 is 0 Å². The van der Waals surface area contributed by atoms with Crippen molar-refractivity contribution in [3.05, 3.63) is 42.0 Å². The third-order valence-electron chi connectivity index (χ3n) is 1.67. The first kappa shape index (κ1) is 9.50. The van der Waals surface area contributed by atoms with Crippen LogP contribution in [0.25, 0.3) is 6.08 Å². The molecule has 0 aliphatic rings. The van der Waals surface area contributed by atoms with E-state index in [0.29, 0.717) is 6.42 Å². The number of rotatable bonds is 3. The van der Waals surface area contributed by atoms with Gasteiger partial charge in [-0.05, 0) is 12.0 Å². The first-order valence-corrected chi connectivity index (χ1v) is 4.19. The first-order valence-electron chi connectivity index (χ1n) is 4.19. The molecule has 0 saturated heterocycles. The molecule has 66 valence electrons. The number of nitrogens with two attached hydrogens (primary N) is 1. The largest absolute Gasteiger partial charge is 0.316 e. The van der Waals surface area contributed by atoms with E-state index in [2.05, 4.69) is 0 Å². The highest BCUT2D eigenvalue weighted by molar-refractivity contribution is 5.48. The summed E-state index contributed by atoms with van der Waals surface area (Å²) in [4.78, 5) is 0. The maximum atomic E-state index is 8.42. The fourth-order valence-corrected chi connectivity index (χ4v) is 0.968. The lowest BCUT2D eigenvalue weighted by Gasteiger charge is -1.95. The quantitative estimate of drug-likeness (QED) is 0.757. The molecule has 1 aromatic carbocycles. The molecule has 0 radical (unpaired) electrons. The maximum absolute atomic E-state index is 8.42. The van der Waals surface area contributed by atoms with E-state index in [9.17, 15) is 0 Å². The lowest BCUT2D eigenvalue weighted by molar-refractivity contribution is 0.850. The fraction of sp³-hybridized carbons (Fsp3) is 0.182. The van der Waals surface area contributed by atoms with Crippen LogP contribution in [-0.2, 0) is 0 Å². The smallest absolute Gasteiger partial charge is 0.0962 e. The number of hydrogen-bond acceptors (Lipinski definition) is 2. The van der Waals surface area contributed by atoms with E-state index in [4.69, 9.17) is 11.0 Å². The number of nitrogens with zero attached hydrogens (tertiary/aromatic N) is 1. The summed E-state index contributed by atoms with van der Waals surface area (Å²) in [5.41, 5.74) is 6.56. The van der Waals surface area contributed by atoms with Crippen LogP contribution >= 0.6 is 0 Å². The van der Waals surface area contributed by atoms with Crippen LogP contribution in [0.4, 0.5) is 0 Å². The second kappa shape index (κ2) is 5.13. The van der Waals surface area contributed by atoms with Gasteiger partial charge in [-0.2, -0.15) is 5.26 Å². The molecular weight excluding hydrogens is 160 g/mol. The van der Waals surface area contributed by atoms with Crippen molar-refractivity contribution in [1.82, 2.24) is 0 Å². The standard InChI is InChI=1S/C11H12N2/c12-9-11(13)8-4-7-10-5-2-1-3-6-10/h1-7,11H,8,13H2/b7-4+. The summed E-state index contributed by atoms with van der Waals surface area (Å²) in [6.45, 7) is 0. The molecular formula is C11H12N2. The molecule has 1 rings (SSSR count). The second-order valence-corrected chi connectivity index (χ2v) is 2.78. The molecule has 0 amide bonds. The molecule has 1 unspecified atom stereocenters. The lowest BCUT2D eigenvalue weighted by Crippen LogP contribution is -2.15. The van der Waals surface area contributed by atoms with Gasteiger partial charge in [-0.25, -0.2) is 0 Å². The van der Waals surface area contributed by atoms with E-state index >= 15 is 0 Å². The van der Waals surface area contributed by atoms with Gasteiger partial charge in [0.15, 0.2) is 0 Å². The van der Waals surface area contributed by atoms with Crippen molar-refractivity contribution in [3.63, 3.8) is 0 Å². The third kappa shape index (κ3) is 3.55. The zero-order valence-electron chi connectivity index (χ0n) is 7.35. The topological polar surface area (TPSA) is 49.8 Å². The second-order valence-electron chi connectivity index (χ2n) is 2.78. The Bertz CT molecular complexity index is 309. The summed E-state index contributed by atoms with van der Waals surface area (Å²) >= 11 is 0. The molecule has 0 aromatic heterocycles. The van der Waals surface area contributed by atoms with Crippen molar-refractivity contribution in [2.45, 2.75) is 12.5 Å². The van der Waals surface area contributed by atoms with Gasteiger partial charge in [0.25, 0.3) is 0 Å². The highest BCUT2D eigenvalue weighted by Gasteiger charge is 1.93. The summed E-state index contributed by atoms with van der Waals surface area (Å²) < 4.78 is 0. The number of nitriles is 1. The summed E-state index contributed by atoms with van der Waals surface area (Å²) in [6.07, 6.45) is 4.49. The Kier molecular flexibility index (Phi) is 3.74. The Labute approximate surface area is 78.3 Å². The minimum absolute atomic E-state index is 0.389. The van der Waals surface area contributed by atoms with Crippen molar-refractivity contribution >= 4 is 6.08 Å². The van der Waals surface area contributed by atoms with Gasteiger partial charge >= 0.3 is 0 Å². The van der Waals surface area contributed by atoms with Crippen LogP contribution in [0.15, 0.2) is 36.4 Å². The molecule has 13 heavy (non-hydrogen) atoms. The molecule has 0 heterocycles. The highest BCUT2D eigenvalue weighted by atomic mass is 14.6. The van der Waals surface area contributed by atoms with Gasteiger partial charge < -0.3 is 5.73 Å². The van der Waals surface area contributed by atoms with E-state index in [1.54, 1.807) is 0 Å². The Morgan fingerprint density at radius 1 is 1.38 bits per heavy atom. The minimum atomic E-state index is -0.389. The molecule has 1 aromatic rings. The molecule has 2 heteroatoms. The van der Waals surface area contributed by atoms with Crippen LogP contribution in [-0.4, -0.2) is 6.04 Å². The molecule has 0 bridgehead atoms. The molecule has 2 nitrogen and oxygen atoms in total. The number of hydrogen-bond donors (Lipinski definition) is 1. The van der Waals surface area contributed by atoms with E-state index < -0.39 is 0 Å². The van der Waals surface area contributed by atoms with E-state index in [-0.39, 0.29) is 6.04 Å².